The van der Waals surface area contributed by atoms with Crippen molar-refractivity contribution in [2.45, 2.75) is 0 Å². The molecule has 0 fully saturated rings. The Hall–Kier alpha value is -5.12. The second-order valence-electron chi connectivity index (χ2n) is 7.88. The summed E-state index contributed by atoms with van der Waals surface area (Å²) in [5.74, 6) is 2.20. The van der Waals surface area contributed by atoms with E-state index in [2.05, 4.69) is 20.2 Å². The zero-order chi connectivity index (χ0) is 25.9. The summed E-state index contributed by atoms with van der Waals surface area (Å²) in [7, 11) is 4.62. The molecule has 3 aromatic carbocycles. The van der Waals surface area contributed by atoms with Crippen LogP contribution in [0.3, 0.4) is 0 Å². The van der Waals surface area contributed by atoms with E-state index in [1.165, 1.54) is 27.5 Å². The maximum Gasteiger partial charge on any atom is 0.348 e. The molecule has 0 amide bonds. The highest BCUT2D eigenvalue weighted by molar-refractivity contribution is 5.94. The molecular weight excluding hydrogens is 476 g/mol. The van der Waals surface area contributed by atoms with Crippen molar-refractivity contribution in [2.75, 3.05) is 21.3 Å². The van der Waals surface area contributed by atoms with E-state index in [1.54, 1.807) is 54.6 Å². The lowest BCUT2D eigenvalue weighted by atomic mass is 10.1. The summed E-state index contributed by atoms with van der Waals surface area (Å²) in [5.41, 5.74) is 1.52. The monoisotopic (exact) mass is 498 g/mol. The fraction of sp³-hybridized carbons (Fsp3) is 0.111. The maximum absolute atomic E-state index is 12.4. The molecule has 0 atom stereocenters. The van der Waals surface area contributed by atoms with Gasteiger partial charge in [-0.15, -0.1) is 0 Å². The van der Waals surface area contributed by atoms with Crippen molar-refractivity contribution in [3.05, 3.63) is 76.6 Å². The van der Waals surface area contributed by atoms with Gasteiger partial charge in [0.15, 0.2) is 23.1 Å². The number of benzene rings is 3. The first-order valence-electron chi connectivity index (χ1n) is 11.1. The Labute approximate surface area is 210 Å². The van der Waals surface area contributed by atoms with Crippen LogP contribution in [0.25, 0.3) is 33.7 Å². The number of methoxy groups -OCH3 is 3. The van der Waals surface area contributed by atoms with Crippen LogP contribution in [0.5, 0.6) is 23.0 Å². The third-order valence-corrected chi connectivity index (χ3v) is 5.69. The van der Waals surface area contributed by atoms with Crippen LogP contribution < -0.4 is 19.8 Å². The lowest BCUT2D eigenvalue weighted by Crippen LogP contribution is -2.06. The Morgan fingerprint density at radius 3 is 2.43 bits per heavy atom. The standard InChI is InChI=1S/C27H22N4O6/c1-34-21-12-16(13-22(35-2)24(21)36-3)26-29-25(30-31-26)15-7-6-8-17(11-15)28-14-19-23(32)18-9-4-5-10-20(18)37-27(19)33/h4-14,32H,1-3H3,(H,29,30,31). The number of aliphatic imine (C=N–C) groups is 1. The van der Waals surface area contributed by atoms with E-state index in [9.17, 15) is 9.90 Å². The number of nitrogens with one attached hydrogen (secondary N) is 1. The van der Waals surface area contributed by atoms with Gasteiger partial charge in [-0.1, -0.05) is 24.3 Å². The number of fused-ring (bicyclic) bond motifs is 1. The van der Waals surface area contributed by atoms with Crippen molar-refractivity contribution < 1.29 is 23.7 Å². The summed E-state index contributed by atoms with van der Waals surface area (Å²) < 4.78 is 21.5. The summed E-state index contributed by atoms with van der Waals surface area (Å²) in [6.07, 6.45) is 1.29. The molecule has 5 aromatic rings. The molecule has 186 valence electrons. The zero-order valence-electron chi connectivity index (χ0n) is 20.2. The quantitative estimate of drug-likeness (QED) is 0.243. The van der Waals surface area contributed by atoms with Gasteiger partial charge in [0.05, 0.1) is 32.4 Å². The van der Waals surface area contributed by atoms with E-state index in [1.807, 2.05) is 6.07 Å². The summed E-state index contributed by atoms with van der Waals surface area (Å²) in [5, 5.41) is 18.3. The molecule has 0 spiro atoms. The van der Waals surface area contributed by atoms with Crippen molar-refractivity contribution in [1.29, 1.82) is 0 Å². The molecule has 2 N–H and O–H groups in total. The minimum absolute atomic E-state index is 0.0338. The Morgan fingerprint density at radius 1 is 0.946 bits per heavy atom. The van der Waals surface area contributed by atoms with Crippen molar-refractivity contribution in [3.63, 3.8) is 0 Å². The average Bonchev–Trinajstić information content (AvgIpc) is 3.43. The first-order chi connectivity index (χ1) is 18.0. The molecule has 0 saturated heterocycles. The van der Waals surface area contributed by atoms with Gasteiger partial charge < -0.3 is 23.7 Å². The molecule has 2 aromatic heterocycles. The second-order valence-corrected chi connectivity index (χ2v) is 7.88. The lowest BCUT2D eigenvalue weighted by molar-refractivity contribution is 0.324. The minimum atomic E-state index is -0.679. The normalized spacial score (nSPS) is 11.2. The van der Waals surface area contributed by atoms with E-state index in [0.29, 0.717) is 51.1 Å². The molecule has 0 saturated carbocycles. The van der Waals surface area contributed by atoms with Crippen molar-refractivity contribution in [1.82, 2.24) is 15.2 Å². The smallest absolute Gasteiger partial charge is 0.348 e. The van der Waals surface area contributed by atoms with Gasteiger partial charge in [-0.25, -0.2) is 9.78 Å². The van der Waals surface area contributed by atoms with Crippen LogP contribution in [0.2, 0.25) is 0 Å². The molecule has 0 aliphatic rings. The number of ether oxygens (including phenoxy) is 3. The maximum atomic E-state index is 12.4. The number of para-hydroxylation sites is 1. The molecule has 0 radical (unpaired) electrons. The molecule has 10 heteroatoms. The average molecular weight is 498 g/mol. The molecule has 10 nitrogen and oxygen atoms in total. The highest BCUT2D eigenvalue weighted by atomic mass is 16.5. The van der Waals surface area contributed by atoms with Crippen LogP contribution in [-0.2, 0) is 0 Å². The van der Waals surface area contributed by atoms with E-state index >= 15 is 0 Å². The molecule has 0 unspecified atom stereocenters. The van der Waals surface area contributed by atoms with Crippen LogP contribution in [0.1, 0.15) is 5.56 Å². The minimum Gasteiger partial charge on any atom is -0.506 e. The molecule has 5 rings (SSSR count). The Kier molecular flexibility index (Phi) is 6.29. The number of aromatic hydroxyl groups is 1. The van der Waals surface area contributed by atoms with Gasteiger partial charge in [0.25, 0.3) is 0 Å². The first kappa shape index (κ1) is 23.6. The molecule has 0 bridgehead atoms. The van der Waals surface area contributed by atoms with Crippen LogP contribution in [0.15, 0.2) is 74.9 Å². The number of aromatic nitrogens is 3. The van der Waals surface area contributed by atoms with E-state index < -0.39 is 5.63 Å². The van der Waals surface area contributed by atoms with Crippen LogP contribution in [0.4, 0.5) is 5.69 Å². The molecule has 0 aliphatic heterocycles. The van der Waals surface area contributed by atoms with Gasteiger partial charge in [-0.2, -0.15) is 5.10 Å². The van der Waals surface area contributed by atoms with Crippen molar-refractivity contribution in [2.24, 2.45) is 4.99 Å². The van der Waals surface area contributed by atoms with Crippen LogP contribution in [0, 0.1) is 0 Å². The molecular formula is C27H22N4O6. The third kappa shape index (κ3) is 4.47. The molecule has 2 heterocycles. The van der Waals surface area contributed by atoms with Gasteiger partial charge in [-0.3, -0.25) is 10.1 Å². The van der Waals surface area contributed by atoms with Gasteiger partial charge >= 0.3 is 5.63 Å². The number of nitrogens with zero attached hydrogens (tertiary/aromatic N) is 3. The summed E-state index contributed by atoms with van der Waals surface area (Å²) in [6, 6.07) is 17.5. The Morgan fingerprint density at radius 2 is 1.70 bits per heavy atom. The molecule has 37 heavy (non-hydrogen) atoms. The highest BCUT2D eigenvalue weighted by Gasteiger charge is 2.17. The number of hydrogen-bond donors (Lipinski definition) is 2. The highest BCUT2D eigenvalue weighted by Crippen LogP contribution is 2.40. The number of hydrogen-bond acceptors (Lipinski definition) is 9. The number of aromatic amines is 1. The van der Waals surface area contributed by atoms with Gasteiger partial charge in [0, 0.05) is 17.3 Å². The fourth-order valence-electron chi connectivity index (χ4n) is 3.86. The predicted molar refractivity (Wildman–Crippen MR) is 138 cm³/mol. The number of rotatable bonds is 7. The third-order valence-electron chi connectivity index (χ3n) is 5.69. The largest absolute Gasteiger partial charge is 0.506 e. The lowest BCUT2D eigenvalue weighted by Gasteiger charge is -2.12. The van der Waals surface area contributed by atoms with Crippen molar-refractivity contribution in [3.8, 4) is 45.8 Å². The Bertz CT molecular complexity index is 1660. The zero-order valence-corrected chi connectivity index (χ0v) is 20.2. The number of H-pyrrole nitrogens is 1. The van der Waals surface area contributed by atoms with E-state index in [-0.39, 0.29) is 11.3 Å². The van der Waals surface area contributed by atoms with Gasteiger partial charge in [0.1, 0.15) is 16.9 Å². The van der Waals surface area contributed by atoms with E-state index in [4.69, 9.17) is 18.6 Å². The second kappa shape index (κ2) is 9.86. The van der Waals surface area contributed by atoms with Crippen LogP contribution >= 0.6 is 0 Å². The topological polar surface area (TPSA) is 132 Å². The van der Waals surface area contributed by atoms with Gasteiger partial charge in [0.2, 0.25) is 5.75 Å². The molecule has 0 aliphatic carbocycles. The first-order valence-corrected chi connectivity index (χ1v) is 11.1. The summed E-state index contributed by atoms with van der Waals surface area (Å²) in [4.78, 5) is 21.3. The summed E-state index contributed by atoms with van der Waals surface area (Å²) in [6.45, 7) is 0. The predicted octanol–water partition coefficient (Wildman–Crippen LogP) is 4.73. The van der Waals surface area contributed by atoms with Crippen LogP contribution in [-0.4, -0.2) is 47.8 Å². The van der Waals surface area contributed by atoms with E-state index in [0.717, 1.165) is 5.56 Å². The summed E-state index contributed by atoms with van der Waals surface area (Å²) >= 11 is 0. The fourth-order valence-corrected chi connectivity index (χ4v) is 3.86. The SMILES string of the molecule is COc1cc(-c2n[nH]c(-c3cccc(N=Cc4c(O)c5ccccc5oc4=O)c3)n2)cc(OC)c1OC. The van der Waals surface area contributed by atoms with Gasteiger partial charge in [-0.05, 0) is 36.4 Å². The van der Waals surface area contributed by atoms with Crippen molar-refractivity contribution >= 4 is 22.9 Å². The Balaban J connectivity index is 1.46.